The molecule has 0 aliphatic carbocycles. The average molecular weight is 381 g/mol. The first kappa shape index (κ1) is 16.9. The number of nitrogens with one attached hydrogen (secondary N) is 1. The number of nitrogens with zero attached hydrogens (tertiary/aromatic N) is 1. The highest BCUT2D eigenvalue weighted by atomic mass is 79.9. The summed E-state index contributed by atoms with van der Waals surface area (Å²) in [5, 5.41) is 3.23. The van der Waals surface area contributed by atoms with Gasteiger partial charge in [-0.2, -0.15) is 0 Å². The summed E-state index contributed by atoms with van der Waals surface area (Å²) in [6, 6.07) is 8.23. The summed E-state index contributed by atoms with van der Waals surface area (Å²) < 4.78 is 6.59. The van der Waals surface area contributed by atoms with Crippen LogP contribution in [0, 0.1) is 5.92 Å². The van der Waals surface area contributed by atoms with Gasteiger partial charge in [0.1, 0.15) is 0 Å². The first-order valence-corrected chi connectivity index (χ1v) is 9.23. The Bertz CT molecular complexity index is 558. The van der Waals surface area contributed by atoms with Gasteiger partial charge in [-0.05, 0) is 56.5 Å². The third-order valence-electron chi connectivity index (χ3n) is 5.20. The normalized spacial score (nSPS) is 23.9. The molecule has 4 nitrogen and oxygen atoms in total. The molecular weight excluding hydrogens is 356 g/mol. The Morgan fingerprint density at radius 2 is 2.22 bits per heavy atom. The van der Waals surface area contributed by atoms with Crippen LogP contribution in [0.5, 0.6) is 0 Å². The van der Waals surface area contributed by atoms with Gasteiger partial charge < -0.3 is 15.0 Å². The molecule has 5 heteroatoms. The fraction of sp³-hybridized carbons (Fsp3) is 0.611. The van der Waals surface area contributed by atoms with Gasteiger partial charge in [0.15, 0.2) is 0 Å². The largest absolute Gasteiger partial charge is 0.381 e. The zero-order valence-corrected chi connectivity index (χ0v) is 15.3. The maximum Gasteiger partial charge on any atom is 0.233 e. The molecule has 1 atom stereocenters. The van der Waals surface area contributed by atoms with Gasteiger partial charge in [-0.15, -0.1) is 0 Å². The van der Waals surface area contributed by atoms with Crippen molar-refractivity contribution in [3.8, 4) is 0 Å². The van der Waals surface area contributed by atoms with Crippen LogP contribution in [0.3, 0.4) is 0 Å². The smallest absolute Gasteiger partial charge is 0.233 e. The number of likely N-dealkylation sites (tertiary alicyclic amines) is 1. The fourth-order valence-corrected chi connectivity index (χ4v) is 4.31. The number of benzene rings is 1. The lowest BCUT2D eigenvalue weighted by molar-refractivity contribution is -0.140. The predicted molar refractivity (Wildman–Crippen MR) is 94.5 cm³/mol. The molecule has 23 heavy (non-hydrogen) atoms. The van der Waals surface area contributed by atoms with E-state index in [0.717, 1.165) is 48.9 Å². The molecule has 2 aliphatic heterocycles. The Morgan fingerprint density at radius 1 is 1.43 bits per heavy atom. The van der Waals surface area contributed by atoms with E-state index in [1.807, 2.05) is 19.2 Å². The minimum absolute atomic E-state index is 0.289. The number of halogens is 1. The Hall–Kier alpha value is -0.910. The van der Waals surface area contributed by atoms with Crippen LogP contribution >= 0.6 is 15.9 Å². The topological polar surface area (TPSA) is 41.6 Å². The molecule has 126 valence electrons. The van der Waals surface area contributed by atoms with Crippen molar-refractivity contribution in [1.29, 1.82) is 0 Å². The van der Waals surface area contributed by atoms with E-state index in [4.69, 9.17) is 4.74 Å². The van der Waals surface area contributed by atoms with Gasteiger partial charge in [0.05, 0.1) is 5.41 Å². The third kappa shape index (κ3) is 3.47. The van der Waals surface area contributed by atoms with Crippen LogP contribution < -0.4 is 5.32 Å². The van der Waals surface area contributed by atoms with Crippen molar-refractivity contribution in [2.75, 3.05) is 39.9 Å². The maximum absolute atomic E-state index is 13.4. The number of amides is 1. The summed E-state index contributed by atoms with van der Waals surface area (Å²) in [6.07, 6.45) is 2.64. The monoisotopic (exact) mass is 380 g/mol. The van der Waals surface area contributed by atoms with E-state index >= 15 is 0 Å². The minimum Gasteiger partial charge on any atom is -0.381 e. The number of carbonyl (C=O) groups is 1. The SMILES string of the molecule is CNC[C@H]1CCN(C(=O)C2(c3cccc(Br)c3)CCOCC2)C1. The molecule has 1 amide bonds. The molecular formula is C18H25BrN2O2. The summed E-state index contributed by atoms with van der Waals surface area (Å²) in [7, 11) is 1.98. The summed E-state index contributed by atoms with van der Waals surface area (Å²) >= 11 is 3.55. The van der Waals surface area contributed by atoms with Crippen molar-refractivity contribution in [2.45, 2.75) is 24.7 Å². The maximum atomic E-state index is 13.4. The lowest BCUT2D eigenvalue weighted by Gasteiger charge is -2.39. The van der Waals surface area contributed by atoms with Gasteiger partial charge in [-0.25, -0.2) is 0 Å². The molecule has 0 spiro atoms. The van der Waals surface area contributed by atoms with Crippen LogP contribution in [0.25, 0.3) is 0 Å². The first-order chi connectivity index (χ1) is 11.2. The summed E-state index contributed by atoms with van der Waals surface area (Å²) in [5.74, 6) is 0.862. The van der Waals surface area contributed by atoms with Gasteiger partial charge in [-0.1, -0.05) is 28.1 Å². The van der Waals surface area contributed by atoms with Gasteiger partial charge in [0.2, 0.25) is 5.91 Å². The average Bonchev–Trinajstić information content (AvgIpc) is 3.04. The lowest BCUT2D eigenvalue weighted by atomic mass is 9.73. The quantitative estimate of drug-likeness (QED) is 0.872. The number of hydrogen-bond acceptors (Lipinski definition) is 3. The van der Waals surface area contributed by atoms with Crippen LogP contribution in [-0.4, -0.2) is 50.7 Å². The Balaban J connectivity index is 1.86. The van der Waals surface area contributed by atoms with E-state index in [1.54, 1.807) is 0 Å². The minimum atomic E-state index is -0.420. The van der Waals surface area contributed by atoms with E-state index in [1.165, 1.54) is 0 Å². The van der Waals surface area contributed by atoms with Crippen LogP contribution in [0.1, 0.15) is 24.8 Å². The van der Waals surface area contributed by atoms with Crippen molar-refractivity contribution in [3.05, 3.63) is 34.3 Å². The number of hydrogen-bond donors (Lipinski definition) is 1. The number of ether oxygens (including phenoxy) is 1. The van der Waals surface area contributed by atoms with E-state index in [9.17, 15) is 4.79 Å². The Labute approximate surface area is 146 Å². The highest BCUT2D eigenvalue weighted by Crippen LogP contribution is 2.38. The van der Waals surface area contributed by atoms with Crippen molar-refractivity contribution in [2.24, 2.45) is 5.92 Å². The number of rotatable bonds is 4. The molecule has 1 aromatic rings. The summed E-state index contributed by atoms with van der Waals surface area (Å²) in [4.78, 5) is 15.5. The van der Waals surface area contributed by atoms with Crippen molar-refractivity contribution in [3.63, 3.8) is 0 Å². The van der Waals surface area contributed by atoms with E-state index < -0.39 is 5.41 Å². The van der Waals surface area contributed by atoms with Crippen LogP contribution in [0.4, 0.5) is 0 Å². The van der Waals surface area contributed by atoms with E-state index in [0.29, 0.717) is 19.1 Å². The van der Waals surface area contributed by atoms with Crippen molar-refractivity contribution < 1.29 is 9.53 Å². The molecule has 1 aromatic carbocycles. The van der Waals surface area contributed by atoms with Crippen LogP contribution in [0.15, 0.2) is 28.7 Å². The second-order valence-corrected chi connectivity index (χ2v) is 7.58. The molecule has 1 N–H and O–H groups in total. The summed E-state index contributed by atoms with van der Waals surface area (Å²) in [6.45, 7) is 4.05. The molecule has 0 unspecified atom stereocenters. The molecule has 3 rings (SSSR count). The summed E-state index contributed by atoms with van der Waals surface area (Å²) in [5.41, 5.74) is 0.702. The molecule has 2 aliphatic rings. The van der Waals surface area contributed by atoms with Gasteiger partial charge in [-0.3, -0.25) is 4.79 Å². The Morgan fingerprint density at radius 3 is 2.91 bits per heavy atom. The van der Waals surface area contributed by atoms with Crippen LogP contribution in [-0.2, 0) is 14.9 Å². The molecule has 2 fully saturated rings. The molecule has 2 heterocycles. The third-order valence-corrected chi connectivity index (χ3v) is 5.69. The van der Waals surface area contributed by atoms with Gasteiger partial charge in [0.25, 0.3) is 0 Å². The zero-order valence-electron chi connectivity index (χ0n) is 13.7. The van der Waals surface area contributed by atoms with Gasteiger partial charge >= 0.3 is 0 Å². The predicted octanol–water partition coefficient (Wildman–Crippen LogP) is 2.57. The fourth-order valence-electron chi connectivity index (χ4n) is 3.91. The van der Waals surface area contributed by atoms with E-state index in [2.05, 4.69) is 38.3 Å². The molecule has 0 aromatic heterocycles. The van der Waals surface area contributed by atoms with Crippen LogP contribution in [0.2, 0.25) is 0 Å². The molecule has 0 radical (unpaired) electrons. The lowest BCUT2D eigenvalue weighted by Crippen LogP contribution is -2.49. The zero-order chi connectivity index (χ0) is 16.3. The van der Waals surface area contributed by atoms with Gasteiger partial charge in [0, 0.05) is 30.8 Å². The van der Waals surface area contributed by atoms with Crippen molar-refractivity contribution >= 4 is 21.8 Å². The standard InChI is InChI=1S/C18H25BrN2O2/c1-20-12-14-5-8-21(13-14)17(22)18(6-9-23-10-7-18)15-3-2-4-16(19)11-15/h2-4,11,14,20H,5-10,12-13H2,1H3/t14-/m1/s1. The molecule has 0 bridgehead atoms. The molecule has 0 saturated carbocycles. The highest BCUT2D eigenvalue weighted by molar-refractivity contribution is 9.10. The Kier molecular flexibility index (Phi) is 5.39. The van der Waals surface area contributed by atoms with Crippen molar-refractivity contribution in [1.82, 2.24) is 10.2 Å². The highest BCUT2D eigenvalue weighted by Gasteiger charge is 2.45. The van der Waals surface area contributed by atoms with E-state index in [-0.39, 0.29) is 5.91 Å². The second-order valence-electron chi connectivity index (χ2n) is 6.67. The first-order valence-electron chi connectivity index (χ1n) is 8.43. The molecule has 2 saturated heterocycles. The second kappa shape index (κ2) is 7.32. The number of carbonyl (C=O) groups excluding carboxylic acids is 1.